The zero-order valence-electron chi connectivity index (χ0n) is 14.0. The van der Waals surface area contributed by atoms with E-state index in [1.165, 1.54) is 18.3 Å². The van der Waals surface area contributed by atoms with Gasteiger partial charge in [-0.2, -0.15) is 0 Å². The van der Waals surface area contributed by atoms with E-state index in [0.29, 0.717) is 12.2 Å². The SMILES string of the molecule is Cc1ccc(S(=O)(=O)NCCCNC(=O)c2cnc(C)[nH]c2=O)cc1. The molecular formula is C16H20N4O4S. The van der Waals surface area contributed by atoms with Crippen molar-refractivity contribution in [2.75, 3.05) is 13.1 Å². The second-order valence-electron chi connectivity index (χ2n) is 5.53. The minimum absolute atomic E-state index is 0.0779. The van der Waals surface area contributed by atoms with Crippen molar-refractivity contribution < 1.29 is 13.2 Å². The van der Waals surface area contributed by atoms with Gasteiger partial charge in [-0.1, -0.05) is 17.7 Å². The second-order valence-corrected chi connectivity index (χ2v) is 7.30. The van der Waals surface area contributed by atoms with Gasteiger partial charge in [-0.05, 0) is 32.4 Å². The van der Waals surface area contributed by atoms with Crippen LogP contribution in [0.3, 0.4) is 0 Å². The van der Waals surface area contributed by atoms with Crippen LogP contribution in [-0.4, -0.2) is 37.4 Å². The van der Waals surface area contributed by atoms with Gasteiger partial charge >= 0.3 is 0 Å². The van der Waals surface area contributed by atoms with Crippen molar-refractivity contribution in [3.63, 3.8) is 0 Å². The van der Waals surface area contributed by atoms with Crippen LogP contribution < -0.4 is 15.6 Å². The van der Waals surface area contributed by atoms with Crippen molar-refractivity contribution in [3.8, 4) is 0 Å². The Labute approximate surface area is 145 Å². The molecule has 3 N–H and O–H groups in total. The molecule has 1 amide bonds. The lowest BCUT2D eigenvalue weighted by atomic mass is 10.2. The number of nitrogens with one attached hydrogen (secondary N) is 3. The summed E-state index contributed by atoms with van der Waals surface area (Å²) in [6, 6.07) is 6.52. The molecule has 0 unspecified atom stereocenters. The molecule has 2 aromatic rings. The second kappa shape index (κ2) is 8.04. The molecule has 1 aromatic carbocycles. The fraction of sp³-hybridized carbons (Fsp3) is 0.312. The van der Waals surface area contributed by atoms with Crippen LogP contribution in [0.2, 0.25) is 0 Å². The Morgan fingerprint density at radius 3 is 2.48 bits per heavy atom. The van der Waals surface area contributed by atoms with Gasteiger partial charge in [0, 0.05) is 19.3 Å². The third kappa shape index (κ3) is 5.23. The molecule has 0 spiro atoms. The van der Waals surface area contributed by atoms with E-state index in [1.54, 1.807) is 19.1 Å². The van der Waals surface area contributed by atoms with E-state index >= 15 is 0 Å². The number of hydrogen-bond acceptors (Lipinski definition) is 5. The molecule has 0 aliphatic heterocycles. The molecule has 8 nitrogen and oxygen atoms in total. The molecule has 1 aromatic heterocycles. The smallest absolute Gasteiger partial charge is 0.263 e. The number of nitrogens with zero attached hydrogens (tertiary/aromatic N) is 1. The quantitative estimate of drug-likeness (QED) is 0.617. The van der Waals surface area contributed by atoms with Gasteiger partial charge in [0.2, 0.25) is 10.0 Å². The Morgan fingerprint density at radius 1 is 1.16 bits per heavy atom. The van der Waals surface area contributed by atoms with Crippen molar-refractivity contribution in [1.82, 2.24) is 20.0 Å². The molecule has 0 atom stereocenters. The van der Waals surface area contributed by atoms with Crippen LogP contribution >= 0.6 is 0 Å². The summed E-state index contributed by atoms with van der Waals surface area (Å²) in [5, 5.41) is 2.56. The summed E-state index contributed by atoms with van der Waals surface area (Å²) in [4.78, 5) is 30.0. The lowest BCUT2D eigenvalue weighted by Crippen LogP contribution is -2.33. The maximum atomic E-state index is 12.1. The first-order valence-electron chi connectivity index (χ1n) is 7.70. The predicted octanol–water partition coefficient (Wildman–Crippen LogP) is 0.485. The summed E-state index contributed by atoms with van der Waals surface area (Å²) in [5.41, 5.74) is 0.387. The summed E-state index contributed by atoms with van der Waals surface area (Å²) < 4.78 is 26.6. The van der Waals surface area contributed by atoms with E-state index in [-0.39, 0.29) is 23.5 Å². The zero-order valence-corrected chi connectivity index (χ0v) is 14.8. The highest BCUT2D eigenvalue weighted by Crippen LogP contribution is 2.09. The first-order chi connectivity index (χ1) is 11.8. The minimum atomic E-state index is -3.57. The normalized spacial score (nSPS) is 11.3. The summed E-state index contributed by atoms with van der Waals surface area (Å²) in [6.07, 6.45) is 1.59. The lowest BCUT2D eigenvalue weighted by molar-refractivity contribution is 0.0951. The Kier molecular flexibility index (Phi) is 6.05. The standard InChI is InChI=1S/C16H20N4O4S/c1-11-4-6-13(7-5-11)25(23,24)19-9-3-8-17-15(21)14-10-18-12(2)20-16(14)22/h4-7,10,19H,3,8-9H2,1-2H3,(H,17,21)(H,18,20,22). The zero-order chi connectivity index (χ0) is 18.4. The van der Waals surface area contributed by atoms with Gasteiger partial charge in [-0.15, -0.1) is 0 Å². The number of amides is 1. The van der Waals surface area contributed by atoms with Gasteiger partial charge in [0.25, 0.3) is 11.5 Å². The Morgan fingerprint density at radius 2 is 1.84 bits per heavy atom. The monoisotopic (exact) mass is 364 g/mol. The number of hydrogen-bond donors (Lipinski definition) is 3. The predicted molar refractivity (Wildman–Crippen MR) is 92.9 cm³/mol. The molecule has 0 fully saturated rings. The van der Waals surface area contributed by atoms with E-state index in [1.807, 2.05) is 6.92 Å². The Balaban J connectivity index is 1.80. The van der Waals surface area contributed by atoms with Crippen LogP contribution in [0.5, 0.6) is 0 Å². The number of aromatic amines is 1. The van der Waals surface area contributed by atoms with Crippen molar-refractivity contribution in [1.29, 1.82) is 0 Å². The molecule has 9 heteroatoms. The largest absolute Gasteiger partial charge is 0.352 e. The number of aryl methyl sites for hydroxylation is 2. The van der Waals surface area contributed by atoms with Crippen LogP contribution in [0.4, 0.5) is 0 Å². The van der Waals surface area contributed by atoms with Gasteiger partial charge in [0.1, 0.15) is 11.4 Å². The first-order valence-corrected chi connectivity index (χ1v) is 9.18. The highest BCUT2D eigenvalue weighted by atomic mass is 32.2. The van der Waals surface area contributed by atoms with Gasteiger partial charge in [0.05, 0.1) is 4.90 Å². The van der Waals surface area contributed by atoms with Crippen LogP contribution in [-0.2, 0) is 10.0 Å². The number of carbonyl (C=O) groups is 1. The molecule has 25 heavy (non-hydrogen) atoms. The summed E-state index contributed by atoms with van der Waals surface area (Å²) >= 11 is 0. The van der Waals surface area contributed by atoms with Crippen LogP contribution in [0.15, 0.2) is 40.2 Å². The molecule has 0 saturated carbocycles. The molecular weight excluding hydrogens is 344 g/mol. The van der Waals surface area contributed by atoms with Gasteiger partial charge in [-0.25, -0.2) is 18.1 Å². The Bertz CT molecular complexity index is 904. The molecule has 134 valence electrons. The topological polar surface area (TPSA) is 121 Å². The van der Waals surface area contributed by atoms with Crippen molar-refractivity contribution >= 4 is 15.9 Å². The fourth-order valence-corrected chi connectivity index (χ4v) is 3.11. The molecule has 0 saturated heterocycles. The van der Waals surface area contributed by atoms with Crippen molar-refractivity contribution in [2.24, 2.45) is 0 Å². The molecule has 0 aliphatic carbocycles. The highest BCUT2D eigenvalue weighted by Gasteiger charge is 2.13. The van der Waals surface area contributed by atoms with E-state index < -0.39 is 21.5 Å². The van der Waals surface area contributed by atoms with Gasteiger partial charge < -0.3 is 10.3 Å². The van der Waals surface area contributed by atoms with Gasteiger partial charge in [-0.3, -0.25) is 9.59 Å². The molecule has 2 rings (SSSR count). The molecule has 0 bridgehead atoms. The third-order valence-corrected chi connectivity index (χ3v) is 4.91. The summed E-state index contributed by atoms with van der Waals surface area (Å²) in [6.45, 7) is 3.88. The van der Waals surface area contributed by atoms with E-state index in [4.69, 9.17) is 0 Å². The number of aromatic nitrogens is 2. The summed E-state index contributed by atoms with van der Waals surface area (Å²) in [7, 11) is -3.57. The number of sulfonamides is 1. The van der Waals surface area contributed by atoms with Crippen LogP contribution in [0, 0.1) is 13.8 Å². The van der Waals surface area contributed by atoms with Crippen LogP contribution in [0.25, 0.3) is 0 Å². The van der Waals surface area contributed by atoms with Crippen molar-refractivity contribution in [2.45, 2.75) is 25.2 Å². The number of H-pyrrole nitrogens is 1. The van der Waals surface area contributed by atoms with E-state index in [0.717, 1.165) is 5.56 Å². The summed E-state index contributed by atoms with van der Waals surface area (Å²) in [5.74, 6) is -0.123. The van der Waals surface area contributed by atoms with E-state index in [9.17, 15) is 18.0 Å². The average molecular weight is 364 g/mol. The van der Waals surface area contributed by atoms with Crippen molar-refractivity contribution in [3.05, 3.63) is 57.8 Å². The van der Waals surface area contributed by atoms with E-state index in [2.05, 4.69) is 20.0 Å². The highest BCUT2D eigenvalue weighted by molar-refractivity contribution is 7.89. The van der Waals surface area contributed by atoms with Crippen LogP contribution in [0.1, 0.15) is 28.2 Å². The van der Waals surface area contributed by atoms with Gasteiger partial charge in [0.15, 0.2) is 0 Å². The number of carbonyl (C=O) groups excluding carboxylic acids is 1. The molecule has 0 aliphatic rings. The first kappa shape index (κ1) is 18.8. The molecule has 0 radical (unpaired) electrons. The third-order valence-electron chi connectivity index (χ3n) is 3.43. The fourth-order valence-electron chi connectivity index (χ4n) is 2.04. The maximum Gasteiger partial charge on any atom is 0.263 e. The molecule has 1 heterocycles. The number of rotatable bonds is 7. The maximum absolute atomic E-state index is 12.1. The Hall–Kier alpha value is -2.52. The lowest BCUT2D eigenvalue weighted by Gasteiger charge is -2.08. The average Bonchev–Trinajstić information content (AvgIpc) is 2.54. The minimum Gasteiger partial charge on any atom is -0.352 e. The number of benzene rings is 1.